The number of hydrogen-bond acceptors (Lipinski definition) is 21. The predicted molar refractivity (Wildman–Crippen MR) is 250 cm³/mol. The van der Waals surface area contributed by atoms with Gasteiger partial charge in [-0.2, -0.15) is 0 Å². The zero-order valence-corrected chi connectivity index (χ0v) is 42.6. The number of fused-ring (bicyclic) bond motifs is 3. The van der Waals surface area contributed by atoms with Crippen molar-refractivity contribution in [3.63, 3.8) is 0 Å². The van der Waals surface area contributed by atoms with E-state index in [1.807, 2.05) is 13.8 Å². The SMILES string of the molecule is C=C(CC)OCOC1C(C)OC(OC2C3OC(CO)C(O)C2OC(=O)CCCCCCCCCC(CCCCC)OC2OC(C)C(O)C(O)C2O3)C(OCOC(=C)CC)C1OC1OC(C)C(O)C(O)C1O. The summed E-state index contributed by atoms with van der Waals surface area (Å²) < 4.78 is 81.7. The molecule has 21 unspecified atom stereocenters. The molecule has 7 N–H and O–H groups in total. The highest BCUT2D eigenvalue weighted by Gasteiger charge is 2.57. The molecule has 0 aromatic heterocycles. The van der Waals surface area contributed by atoms with Gasteiger partial charge in [0.1, 0.15) is 67.1 Å². The van der Waals surface area contributed by atoms with E-state index >= 15 is 0 Å². The fraction of sp³-hybridized carbons (Fsp3) is 0.900. The number of esters is 1. The molecule has 0 radical (unpaired) electrons. The minimum absolute atomic E-state index is 0.00772. The van der Waals surface area contributed by atoms with Crippen molar-refractivity contribution in [1.29, 1.82) is 0 Å². The molecule has 5 rings (SSSR count). The first-order chi connectivity index (χ1) is 34.0. The van der Waals surface area contributed by atoms with Crippen LogP contribution in [0, 0.1) is 0 Å². The van der Waals surface area contributed by atoms with E-state index in [0.717, 1.165) is 57.8 Å². The van der Waals surface area contributed by atoms with E-state index in [9.17, 15) is 40.5 Å². The monoisotopic (exact) mass is 1020 g/mol. The number of aliphatic hydroxyl groups is 7. The van der Waals surface area contributed by atoms with Gasteiger partial charge in [0.15, 0.2) is 51.0 Å². The molecule has 21 heteroatoms. The summed E-state index contributed by atoms with van der Waals surface area (Å²) in [6, 6.07) is 0. The van der Waals surface area contributed by atoms with Crippen LogP contribution in [0.3, 0.4) is 0 Å². The highest BCUT2D eigenvalue weighted by Crippen LogP contribution is 2.38. The van der Waals surface area contributed by atoms with Gasteiger partial charge in [0.25, 0.3) is 0 Å². The van der Waals surface area contributed by atoms with Crippen LogP contribution in [-0.4, -0.2) is 191 Å². The summed E-state index contributed by atoms with van der Waals surface area (Å²) in [6.07, 6.45) is -18.0. The van der Waals surface area contributed by atoms with Gasteiger partial charge in [-0.3, -0.25) is 4.79 Å². The Balaban J connectivity index is 1.59. The van der Waals surface area contributed by atoms with E-state index in [-0.39, 0.29) is 19.3 Å². The molecular weight excluding hydrogens is 937 g/mol. The Morgan fingerprint density at radius 1 is 0.577 bits per heavy atom. The Bertz CT molecular complexity index is 1580. The number of allylic oxidation sites excluding steroid dienone is 2. The lowest BCUT2D eigenvalue weighted by molar-refractivity contribution is -0.406. The maximum Gasteiger partial charge on any atom is 0.306 e. The molecule has 0 aliphatic carbocycles. The molecule has 5 heterocycles. The molecule has 0 aromatic rings. The molecule has 21 nitrogen and oxygen atoms in total. The Morgan fingerprint density at radius 3 is 1.82 bits per heavy atom. The van der Waals surface area contributed by atoms with E-state index in [4.69, 9.17) is 61.6 Å². The third-order valence-electron chi connectivity index (χ3n) is 14.0. The van der Waals surface area contributed by atoms with Crippen molar-refractivity contribution in [3.8, 4) is 0 Å². The summed E-state index contributed by atoms with van der Waals surface area (Å²) in [5.41, 5.74) is 0. The van der Waals surface area contributed by atoms with Crippen LogP contribution in [-0.2, 0) is 66.4 Å². The van der Waals surface area contributed by atoms with Crippen LogP contribution < -0.4 is 0 Å². The summed E-state index contributed by atoms with van der Waals surface area (Å²) in [5, 5.41) is 78.2. The Hall–Kier alpha value is -2.13. The zero-order chi connectivity index (χ0) is 51.8. The standard InChI is InChI=1S/C50H86O21/c1-9-12-18-21-32-22-19-16-14-13-15-17-20-23-34(52)68-42-37(55)33(24-51)67-50(69-43-39(57)36(54)30(7)64-48(43)66-32)46(42)71-49-45(62-26-60-28(5)11-3)44(41(31(8)65-49)61-25-59-27(4)10-2)70-47-40(58)38(56)35(53)29(6)63-47/h29-33,35-51,53-58H,4-5,9-26H2,1-3,6-8H3. The highest BCUT2D eigenvalue weighted by atomic mass is 16.8. The number of unbranched alkanes of at least 4 members (excludes halogenated alkanes) is 2. The van der Waals surface area contributed by atoms with Crippen molar-refractivity contribution in [1.82, 2.24) is 0 Å². The van der Waals surface area contributed by atoms with Crippen molar-refractivity contribution in [2.24, 2.45) is 0 Å². The van der Waals surface area contributed by atoms with Gasteiger partial charge >= 0.3 is 5.97 Å². The van der Waals surface area contributed by atoms with Crippen LogP contribution in [0.15, 0.2) is 24.7 Å². The number of rotatable bonds is 19. The third kappa shape index (κ3) is 16.7. The molecule has 21 atom stereocenters. The van der Waals surface area contributed by atoms with E-state index < -0.39 is 142 Å². The van der Waals surface area contributed by atoms with Gasteiger partial charge in [-0.1, -0.05) is 91.7 Å². The van der Waals surface area contributed by atoms with Gasteiger partial charge in [-0.25, -0.2) is 0 Å². The maximum absolute atomic E-state index is 13.8. The lowest BCUT2D eigenvalue weighted by atomic mass is 9.95. The van der Waals surface area contributed by atoms with Crippen molar-refractivity contribution >= 4 is 5.97 Å². The fourth-order valence-electron chi connectivity index (χ4n) is 9.34. The second-order valence-corrected chi connectivity index (χ2v) is 19.4. The van der Waals surface area contributed by atoms with E-state index in [1.165, 1.54) is 6.92 Å². The van der Waals surface area contributed by atoms with E-state index in [0.29, 0.717) is 43.6 Å². The quantitative estimate of drug-likeness (QED) is 0.0423. The molecule has 412 valence electrons. The molecule has 0 aromatic carbocycles. The lowest BCUT2D eigenvalue weighted by Crippen LogP contribution is -2.68. The largest absolute Gasteiger partial charge is 0.473 e. The van der Waals surface area contributed by atoms with E-state index in [1.54, 1.807) is 13.8 Å². The van der Waals surface area contributed by atoms with Gasteiger partial charge in [0.05, 0.1) is 42.5 Å². The summed E-state index contributed by atoms with van der Waals surface area (Å²) in [6.45, 7) is 16.7. The first-order valence-corrected chi connectivity index (χ1v) is 26.0. The summed E-state index contributed by atoms with van der Waals surface area (Å²) >= 11 is 0. The molecule has 0 spiro atoms. The third-order valence-corrected chi connectivity index (χ3v) is 14.0. The molecule has 2 bridgehead atoms. The van der Waals surface area contributed by atoms with Crippen LogP contribution in [0.4, 0.5) is 0 Å². The highest BCUT2D eigenvalue weighted by molar-refractivity contribution is 5.69. The number of carbonyl (C=O) groups excluding carboxylic acids is 1. The zero-order valence-electron chi connectivity index (χ0n) is 42.6. The average Bonchev–Trinajstić information content (AvgIpc) is 3.35. The van der Waals surface area contributed by atoms with Crippen molar-refractivity contribution in [2.45, 2.75) is 267 Å². The first-order valence-electron chi connectivity index (χ1n) is 26.0. The van der Waals surface area contributed by atoms with Crippen LogP contribution in [0.25, 0.3) is 0 Å². The van der Waals surface area contributed by atoms with Crippen LogP contribution in [0.2, 0.25) is 0 Å². The fourth-order valence-corrected chi connectivity index (χ4v) is 9.34. The number of aliphatic hydroxyl groups excluding tert-OH is 7. The lowest BCUT2D eigenvalue weighted by Gasteiger charge is -2.51. The molecule has 5 fully saturated rings. The molecule has 5 aliphatic rings. The normalized spacial score (nSPS) is 41.3. The molecular formula is C50H86O21. The number of carbonyl (C=O) groups is 1. The van der Waals surface area contributed by atoms with Crippen LogP contribution >= 0.6 is 0 Å². The summed E-state index contributed by atoms with van der Waals surface area (Å²) in [7, 11) is 0. The Labute approximate surface area is 418 Å². The Morgan fingerprint density at radius 2 is 1.17 bits per heavy atom. The number of ether oxygens (including phenoxy) is 13. The number of hydrogen-bond donors (Lipinski definition) is 7. The minimum Gasteiger partial charge on any atom is -0.473 e. The van der Waals surface area contributed by atoms with Gasteiger partial charge in [0, 0.05) is 19.3 Å². The predicted octanol–water partition coefficient (Wildman–Crippen LogP) is 3.23. The topological polar surface area (TPSA) is 279 Å². The van der Waals surface area contributed by atoms with Crippen LogP contribution in [0.5, 0.6) is 0 Å². The smallest absolute Gasteiger partial charge is 0.306 e. The maximum atomic E-state index is 13.8. The molecule has 71 heavy (non-hydrogen) atoms. The molecule has 0 saturated carbocycles. The van der Waals surface area contributed by atoms with Crippen molar-refractivity contribution in [2.75, 3.05) is 20.2 Å². The van der Waals surface area contributed by atoms with Gasteiger partial charge < -0.3 is 97.3 Å². The summed E-state index contributed by atoms with van der Waals surface area (Å²) in [5.74, 6) is 0.0938. The van der Waals surface area contributed by atoms with Gasteiger partial charge in [0.2, 0.25) is 0 Å². The first kappa shape index (κ1) is 59.7. The molecule has 5 aliphatic heterocycles. The minimum atomic E-state index is -1.77. The molecule has 0 amide bonds. The summed E-state index contributed by atoms with van der Waals surface area (Å²) in [4.78, 5) is 13.8. The van der Waals surface area contributed by atoms with Gasteiger partial charge in [-0.15, -0.1) is 0 Å². The Kier molecular flexibility index (Phi) is 25.1. The van der Waals surface area contributed by atoms with Crippen molar-refractivity contribution in [3.05, 3.63) is 24.7 Å². The molecule has 5 saturated heterocycles. The van der Waals surface area contributed by atoms with Crippen molar-refractivity contribution < 1.29 is 102 Å². The van der Waals surface area contributed by atoms with Gasteiger partial charge in [-0.05, 0) is 40.0 Å². The average molecular weight is 1020 g/mol. The second kappa shape index (κ2) is 29.8. The van der Waals surface area contributed by atoms with E-state index in [2.05, 4.69) is 20.1 Å². The second-order valence-electron chi connectivity index (χ2n) is 19.4. The van der Waals surface area contributed by atoms with Crippen LogP contribution in [0.1, 0.15) is 138 Å².